The summed E-state index contributed by atoms with van der Waals surface area (Å²) in [6.07, 6.45) is 3.73. The Labute approximate surface area is 111 Å². The Balaban J connectivity index is 1.91. The van der Waals surface area contributed by atoms with Gasteiger partial charge in [-0.1, -0.05) is 13.8 Å². The molecule has 2 aromatic rings. The first-order chi connectivity index (χ1) is 8.68. The third-order valence-electron chi connectivity index (χ3n) is 2.81. The third-order valence-corrected chi connectivity index (χ3v) is 3.71. The number of unbranched alkanes of at least 4 members (excludes halogenated alkanes) is 1. The first kappa shape index (κ1) is 13.2. The number of hydrogen-bond acceptors (Lipinski definition) is 4. The molecule has 2 heterocycles. The van der Waals surface area contributed by atoms with Crippen molar-refractivity contribution in [3.63, 3.8) is 0 Å². The first-order valence-electron chi connectivity index (χ1n) is 6.34. The summed E-state index contributed by atoms with van der Waals surface area (Å²) in [4.78, 5) is 16.4. The molecule has 98 valence electrons. The predicted octanol–water partition coefficient (Wildman–Crippen LogP) is 2.24. The van der Waals surface area contributed by atoms with Gasteiger partial charge in [0.15, 0.2) is 0 Å². The molecule has 0 radical (unpaired) electrons. The minimum Gasteiger partial charge on any atom is -0.315 e. The van der Waals surface area contributed by atoms with Crippen LogP contribution in [0.25, 0.3) is 10.2 Å². The molecule has 0 aliphatic heterocycles. The van der Waals surface area contributed by atoms with Crippen LogP contribution in [0.5, 0.6) is 0 Å². The Morgan fingerprint density at radius 3 is 3.06 bits per heavy atom. The molecule has 0 amide bonds. The second-order valence-corrected chi connectivity index (χ2v) is 5.61. The van der Waals surface area contributed by atoms with Crippen molar-refractivity contribution in [1.82, 2.24) is 14.9 Å². The van der Waals surface area contributed by atoms with Crippen LogP contribution in [0.3, 0.4) is 0 Å². The van der Waals surface area contributed by atoms with E-state index in [4.69, 9.17) is 0 Å². The fraction of sp³-hybridized carbons (Fsp3) is 0.538. The van der Waals surface area contributed by atoms with Crippen molar-refractivity contribution in [2.24, 2.45) is 0 Å². The molecule has 18 heavy (non-hydrogen) atoms. The number of aryl methyl sites for hydroxylation is 1. The standard InChI is InChI=1S/C13H19N3OS/c1-10(2)14-6-3-4-7-16-9-15-11-5-8-18-12(11)13(16)17/h5,8-10,14H,3-4,6-7H2,1-2H3. The van der Waals surface area contributed by atoms with Crippen LogP contribution in [0.4, 0.5) is 0 Å². The highest BCUT2D eigenvalue weighted by atomic mass is 32.1. The molecule has 0 bridgehead atoms. The third kappa shape index (κ3) is 3.17. The van der Waals surface area contributed by atoms with Gasteiger partial charge in [-0.2, -0.15) is 0 Å². The molecule has 0 atom stereocenters. The van der Waals surface area contributed by atoms with Gasteiger partial charge < -0.3 is 5.32 Å². The molecule has 0 saturated carbocycles. The van der Waals surface area contributed by atoms with E-state index in [1.165, 1.54) is 11.3 Å². The minimum atomic E-state index is 0.0896. The molecule has 2 rings (SSSR count). The number of nitrogens with zero attached hydrogens (tertiary/aromatic N) is 2. The van der Waals surface area contributed by atoms with Gasteiger partial charge in [0.1, 0.15) is 4.70 Å². The van der Waals surface area contributed by atoms with Crippen LogP contribution in [0.15, 0.2) is 22.6 Å². The lowest BCUT2D eigenvalue weighted by molar-refractivity contribution is 0.525. The summed E-state index contributed by atoms with van der Waals surface area (Å²) in [5.41, 5.74) is 0.898. The second kappa shape index (κ2) is 6.11. The number of fused-ring (bicyclic) bond motifs is 1. The average molecular weight is 265 g/mol. The highest BCUT2D eigenvalue weighted by Gasteiger charge is 2.04. The summed E-state index contributed by atoms with van der Waals surface area (Å²) in [7, 11) is 0. The molecule has 1 N–H and O–H groups in total. The van der Waals surface area contributed by atoms with Crippen LogP contribution in [0.2, 0.25) is 0 Å². The summed E-state index contributed by atoms with van der Waals surface area (Å²) in [6, 6.07) is 2.41. The monoisotopic (exact) mass is 265 g/mol. The van der Waals surface area contributed by atoms with Gasteiger partial charge in [-0.25, -0.2) is 4.98 Å². The summed E-state index contributed by atoms with van der Waals surface area (Å²) in [5, 5.41) is 5.28. The maximum absolute atomic E-state index is 12.1. The van der Waals surface area contributed by atoms with Crippen LogP contribution in [-0.2, 0) is 6.54 Å². The van der Waals surface area contributed by atoms with Crippen molar-refractivity contribution in [3.05, 3.63) is 28.1 Å². The molecule has 0 saturated heterocycles. The fourth-order valence-corrected chi connectivity index (χ4v) is 2.63. The molecular formula is C13H19N3OS. The van der Waals surface area contributed by atoms with Crippen molar-refractivity contribution in [1.29, 1.82) is 0 Å². The van der Waals surface area contributed by atoms with Crippen LogP contribution >= 0.6 is 11.3 Å². The van der Waals surface area contributed by atoms with Gasteiger partial charge >= 0.3 is 0 Å². The van der Waals surface area contributed by atoms with Gasteiger partial charge in [0.05, 0.1) is 11.8 Å². The van der Waals surface area contributed by atoms with Gasteiger partial charge in [0.25, 0.3) is 5.56 Å². The Bertz CT molecular complexity index is 559. The zero-order chi connectivity index (χ0) is 13.0. The molecule has 4 nitrogen and oxygen atoms in total. The van der Waals surface area contributed by atoms with Gasteiger partial charge in [0.2, 0.25) is 0 Å². The molecule has 0 aromatic carbocycles. The van der Waals surface area contributed by atoms with Crippen molar-refractivity contribution in [3.8, 4) is 0 Å². The smallest absolute Gasteiger partial charge is 0.271 e. The lowest BCUT2D eigenvalue weighted by Gasteiger charge is -2.08. The van der Waals surface area contributed by atoms with Crippen LogP contribution < -0.4 is 10.9 Å². The molecular weight excluding hydrogens is 246 g/mol. The maximum atomic E-state index is 12.1. The maximum Gasteiger partial charge on any atom is 0.271 e. The molecule has 0 spiro atoms. The number of rotatable bonds is 6. The van der Waals surface area contributed by atoms with Gasteiger partial charge in [-0.3, -0.25) is 9.36 Å². The lowest BCUT2D eigenvalue weighted by Crippen LogP contribution is -2.24. The van der Waals surface area contributed by atoms with Crippen LogP contribution in [0, 0.1) is 0 Å². The quantitative estimate of drug-likeness (QED) is 0.815. The second-order valence-electron chi connectivity index (χ2n) is 4.69. The number of nitrogens with one attached hydrogen (secondary N) is 1. The zero-order valence-corrected chi connectivity index (χ0v) is 11.7. The van der Waals surface area contributed by atoms with E-state index in [2.05, 4.69) is 24.1 Å². The summed E-state index contributed by atoms with van der Waals surface area (Å²) < 4.78 is 2.48. The first-order valence-corrected chi connectivity index (χ1v) is 7.22. The summed E-state index contributed by atoms with van der Waals surface area (Å²) >= 11 is 1.47. The summed E-state index contributed by atoms with van der Waals surface area (Å²) in [6.45, 7) is 6.03. The Morgan fingerprint density at radius 2 is 2.28 bits per heavy atom. The number of hydrogen-bond donors (Lipinski definition) is 1. The molecule has 0 aliphatic carbocycles. The lowest BCUT2D eigenvalue weighted by atomic mass is 10.3. The largest absolute Gasteiger partial charge is 0.315 e. The van der Waals surface area contributed by atoms with E-state index in [1.807, 2.05) is 11.4 Å². The highest BCUT2D eigenvalue weighted by molar-refractivity contribution is 7.17. The molecule has 5 heteroatoms. The van der Waals surface area contributed by atoms with E-state index in [9.17, 15) is 4.79 Å². The average Bonchev–Trinajstić information content (AvgIpc) is 2.80. The topological polar surface area (TPSA) is 46.9 Å². The van der Waals surface area contributed by atoms with Gasteiger partial charge in [-0.15, -0.1) is 11.3 Å². The fourth-order valence-electron chi connectivity index (χ4n) is 1.84. The van der Waals surface area contributed by atoms with Crippen LogP contribution in [-0.4, -0.2) is 22.1 Å². The molecule has 2 aromatic heterocycles. The van der Waals surface area contributed by atoms with Gasteiger partial charge in [-0.05, 0) is 30.8 Å². The van der Waals surface area contributed by atoms with E-state index in [0.29, 0.717) is 6.04 Å². The summed E-state index contributed by atoms with van der Waals surface area (Å²) in [5.74, 6) is 0. The predicted molar refractivity (Wildman–Crippen MR) is 76.3 cm³/mol. The molecule has 0 unspecified atom stereocenters. The minimum absolute atomic E-state index is 0.0896. The van der Waals surface area contributed by atoms with Crippen molar-refractivity contribution in [2.75, 3.05) is 6.54 Å². The number of aromatic nitrogens is 2. The van der Waals surface area contributed by atoms with Crippen molar-refractivity contribution >= 4 is 21.6 Å². The molecule has 0 aliphatic rings. The van der Waals surface area contributed by atoms with E-state index in [-0.39, 0.29) is 5.56 Å². The highest BCUT2D eigenvalue weighted by Crippen LogP contribution is 2.13. The zero-order valence-electron chi connectivity index (χ0n) is 10.8. The van der Waals surface area contributed by atoms with Crippen molar-refractivity contribution in [2.45, 2.75) is 39.3 Å². The van der Waals surface area contributed by atoms with E-state index in [1.54, 1.807) is 10.9 Å². The molecule has 0 fully saturated rings. The normalized spacial score (nSPS) is 11.5. The van der Waals surface area contributed by atoms with Gasteiger partial charge in [0, 0.05) is 12.6 Å². The number of thiophene rings is 1. The van der Waals surface area contributed by atoms with E-state index < -0.39 is 0 Å². The van der Waals surface area contributed by atoms with E-state index in [0.717, 1.165) is 36.1 Å². The Kier molecular flexibility index (Phi) is 4.49. The SMILES string of the molecule is CC(C)NCCCCn1cnc2ccsc2c1=O. The van der Waals surface area contributed by atoms with Crippen LogP contribution in [0.1, 0.15) is 26.7 Å². The van der Waals surface area contributed by atoms with E-state index >= 15 is 0 Å². The Hall–Kier alpha value is -1.20. The Morgan fingerprint density at radius 1 is 1.44 bits per heavy atom. The van der Waals surface area contributed by atoms with Crippen molar-refractivity contribution < 1.29 is 0 Å².